The van der Waals surface area contributed by atoms with E-state index in [4.69, 9.17) is 22.1 Å². The van der Waals surface area contributed by atoms with E-state index in [1.54, 1.807) is 7.11 Å². The third-order valence-corrected chi connectivity index (χ3v) is 3.69. The smallest absolute Gasteiger partial charge is 0.123 e. The van der Waals surface area contributed by atoms with Crippen LogP contribution >= 0.6 is 11.6 Å². The van der Waals surface area contributed by atoms with Crippen LogP contribution in [0.4, 0.5) is 0 Å². The molecular weight excluding hydrogens is 222 g/mol. The Bertz CT molecular complexity index is 361. The molecule has 0 aromatic heterocycles. The number of hydrogen-bond donors (Lipinski definition) is 1. The van der Waals surface area contributed by atoms with E-state index in [2.05, 4.69) is 0 Å². The van der Waals surface area contributed by atoms with Crippen molar-refractivity contribution in [1.29, 1.82) is 0 Å². The van der Waals surface area contributed by atoms with E-state index in [0.29, 0.717) is 5.92 Å². The minimum absolute atomic E-state index is 0.0520. The molecule has 0 amide bonds. The maximum absolute atomic E-state index is 6.31. The third kappa shape index (κ3) is 2.33. The van der Waals surface area contributed by atoms with Crippen molar-refractivity contribution in [2.75, 3.05) is 7.11 Å². The van der Waals surface area contributed by atoms with E-state index >= 15 is 0 Å². The molecule has 1 aliphatic carbocycles. The van der Waals surface area contributed by atoms with Gasteiger partial charge < -0.3 is 10.5 Å². The first-order valence-electron chi connectivity index (χ1n) is 5.81. The predicted molar refractivity (Wildman–Crippen MR) is 66.9 cm³/mol. The van der Waals surface area contributed by atoms with Gasteiger partial charge in [0.15, 0.2) is 0 Å². The van der Waals surface area contributed by atoms with Crippen molar-refractivity contribution in [2.24, 2.45) is 11.7 Å². The van der Waals surface area contributed by atoms with Crippen LogP contribution in [0.2, 0.25) is 5.02 Å². The lowest BCUT2D eigenvalue weighted by molar-refractivity contribution is 0.385. The Kier molecular flexibility index (Phi) is 3.72. The topological polar surface area (TPSA) is 35.2 Å². The van der Waals surface area contributed by atoms with E-state index in [-0.39, 0.29) is 6.04 Å². The Labute approximate surface area is 102 Å². The molecule has 0 aliphatic heterocycles. The van der Waals surface area contributed by atoms with E-state index in [1.165, 1.54) is 25.7 Å². The van der Waals surface area contributed by atoms with E-state index in [0.717, 1.165) is 16.3 Å². The molecule has 1 aromatic carbocycles. The first-order chi connectivity index (χ1) is 7.72. The van der Waals surface area contributed by atoms with Gasteiger partial charge in [-0.3, -0.25) is 0 Å². The van der Waals surface area contributed by atoms with Crippen molar-refractivity contribution < 1.29 is 4.74 Å². The van der Waals surface area contributed by atoms with Gasteiger partial charge in [-0.25, -0.2) is 0 Å². The molecule has 1 aliphatic rings. The van der Waals surface area contributed by atoms with Crippen LogP contribution in [0, 0.1) is 5.92 Å². The van der Waals surface area contributed by atoms with Gasteiger partial charge in [0.25, 0.3) is 0 Å². The fraction of sp³-hybridized carbons (Fsp3) is 0.538. The lowest BCUT2D eigenvalue weighted by atomic mass is 9.92. The minimum Gasteiger partial charge on any atom is -0.496 e. The monoisotopic (exact) mass is 239 g/mol. The molecule has 16 heavy (non-hydrogen) atoms. The first-order valence-corrected chi connectivity index (χ1v) is 6.19. The number of rotatable bonds is 3. The summed E-state index contributed by atoms with van der Waals surface area (Å²) in [5, 5.41) is 0.726. The molecule has 0 spiro atoms. The molecule has 0 radical (unpaired) electrons. The number of methoxy groups -OCH3 is 1. The zero-order chi connectivity index (χ0) is 11.5. The highest BCUT2D eigenvalue weighted by molar-refractivity contribution is 6.30. The molecule has 2 nitrogen and oxygen atoms in total. The summed E-state index contributed by atoms with van der Waals surface area (Å²) in [5.74, 6) is 1.43. The third-order valence-electron chi connectivity index (χ3n) is 3.46. The Morgan fingerprint density at radius 3 is 2.69 bits per heavy atom. The largest absolute Gasteiger partial charge is 0.496 e. The number of nitrogens with two attached hydrogens (primary N) is 1. The summed E-state index contributed by atoms with van der Waals surface area (Å²) < 4.78 is 5.34. The molecule has 88 valence electrons. The van der Waals surface area contributed by atoms with Gasteiger partial charge in [-0.2, -0.15) is 0 Å². The fourth-order valence-electron chi connectivity index (χ4n) is 2.54. The summed E-state index contributed by atoms with van der Waals surface area (Å²) in [6.07, 6.45) is 5.02. The molecule has 0 unspecified atom stereocenters. The average molecular weight is 240 g/mol. The summed E-state index contributed by atoms with van der Waals surface area (Å²) in [6.45, 7) is 0. The van der Waals surface area contributed by atoms with Crippen molar-refractivity contribution >= 4 is 11.6 Å². The second-order valence-corrected chi connectivity index (χ2v) is 4.89. The normalized spacial score (nSPS) is 18.7. The molecule has 1 atom stereocenters. The molecule has 0 heterocycles. The fourth-order valence-corrected chi connectivity index (χ4v) is 2.72. The zero-order valence-electron chi connectivity index (χ0n) is 9.58. The molecular formula is C13H18ClNO. The summed E-state index contributed by atoms with van der Waals surface area (Å²) in [5.41, 5.74) is 7.35. The van der Waals surface area contributed by atoms with Gasteiger partial charge in [-0.1, -0.05) is 24.4 Å². The summed E-state index contributed by atoms with van der Waals surface area (Å²) in [4.78, 5) is 0. The van der Waals surface area contributed by atoms with Gasteiger partial charge in [0.05, 0.1) is 7.11 Å². The molecule has 0 bridgehead atoms. The quantitative estimate of drug-likeness (QED) is 0.876. The van der Waals surface area contributed by atoms with Crippen molar-refractivity contribution in [3.63, 3.8) is 0 Å². The van der Waals surface area contributed by atoms with E-state index in [9.17, 15) is 0 Å². The highest BCUT2D eigenvalue weighted by Gasteiger charge is 2.25. The summed E-state index contributed by atoms with van der Waals surface area (Å²) >= 11 is 6.01. The van der Waals surface area contributed by atoms with Gasteiger partial charge in [-0.05, 0) is 37.0 Å². The lowest BCUT2D eigenvalue weighted by Gasteiger charge is -2.21. The molecule has 1 fully saturated rings. The van der Waals surface area contributed by atoms with E-state index < -0.39 is 0 Å². The molecule has 1 aromatic rings. The summed E-state index contributed by atoms with van der Waals surface area (Å²) in [7, 11) is 1.67. The first kappa shape index (κ1) is 11.7. The van der Waals surface area contributed by atoms with Crippen molar-refractivity contribution in [1.82, 2.24) is 0 Å². The van der Waals surface area contributed by atoms with Crippen molar-refractivity contribution in [3.05, 3.63) is 28.8 Å². The second kappa shape index (κ2) is 5.07. The molecule has 0 saturated heterocycles. The maximum Gasteiger partial charge on any atom is 0.123 e. The van der Waals surface area contributed by atoms with Gasteiger partial charge in [-0.15, -0.1) is 0 Å². The Balaban J connectivity index is 2.26. The van der Waals surface area contributed by atoms with Crippen LogP contribution in [0.15, 0.2) is 18.2 Å². The number of ether oxygens (including phenoxy) is 1. The van der Waals surface area contributed by atoms with Gasteiger partial charge in [0.2, 0.25) is 0 Å². The lowest BCUT2D eigenvalue weighted by Crippen LogP contribution is -2.19. The Hall–Kier alpha value is -0.730. The molecule has 2 rings (SSSR count). The van der Waals surface area contributed by atoms with Gasteiger partial charge >= 0.3 is 0 Å². The zero-order valence-corrected chi connectivity index (χ0v) is 10.3. The Morgan fingerprint density at radius 2 is 2.06 bits per heavy atom. The minimum atomic E-state index is 0.0520. The van der Waals surface area contributed by atoms with Gasteiger partial charge in [0, 0.05) is 16.6 Å². The van der Waals surface area contributed by atoms with Crippen LogP contribution in [0.25, 0.3) is 0 Å². The number of hydrogen-bond acceptors (Lipinski definition) is 2. The van der Waals surface area contributed by atoms with Crippen LogP contribution in [-0.4, -0.2) is 7.11 Å². The standard InChI is InChI=1S/C13H18ClNO/c1-16-12-7-6-10(14)8-11(12)13(15)9-4-2-3-5-9/h6-9,13H,2-5,15H2,1H3/t13-/m1/s1. The average Bonchev–Trinajstić information content (AvgIpc) is 2.81. The number of benzene rings is 1. The molecule has 3 heteroatoms. The maximum atomic E-state index is 6.31. The highest BCUT2D eigenvalue weighted by Crippen LogP contribution is 2.38. The van der Waals surface area contributed by atoms with Crippen LogP contribution in [0.3, 0.4) is 0 Å². The second-order valence-electron chi connectivity index (χ2n) is 4.46. The van der Waals surface area contributed by atoms with Crippen molar-refractivity contribution in [3.8, 4) is 5.75 Å². The van der Waals surface area contributed by atoms with Gasteiger partial charge in [0.1, 0.15) is 5.75 Å². The van der Waals surface area contributed by atoms with Crippen LogP contribution in [0.5, 0.6) is 5.75 Å². The van der Waals surface area contributed by atoms with Crippen molar-refractivity contribution in [2.45, 2.75) is 31.7 Å². The predicted octanol–water partition coefficient (Wildman–Crippen LogP) is 3.54. The Morgan fingerprint density at radius 1 is 1.38 bits per heavy atom. The highest BCUT2D eigenvalue weighted by atomic mass is 35.5. The molecule has 1 saturated carbocycles. The van der Waals surface area contributed by atoms with Crippen LogP contribution in [0.1, 0.15) is 37.3 Å². The molecule has 2 N–H and O–H groups in total. The SMILES string of the molecule is COc1ccc(Cl)cc1[C@H](N)C1CCCC1. The van der Waals surface area contributed by atoms with E-state index in [1.807, 2.05) is 18.2 Å². The summed E-state index contributed by atoms with van der Waals surface area (Å²) in [6, 6.07) is 5.72. The van der Waals surface area contributed by atoms with Crippen LogP contribution in [-0.2, 0) is 0 Å². The van der Waals surface area contributed by atoms with Crippen LogP contribution < -0.4 is 10.5 Å². The number of halogens is 1.